The highest BCUT2D eigenvalue weighted by Crippen LogP contribution is 2.22. The second-order valence-corrected chi connectivity index (χ2v) is 7.90. The Hall–Kier alpha value is -1.20. The summed E-state index contributed by atoms with van der Waals surface area (Å²) in [5, 5.41) is 7.36. The summed E-state index contributed by atoms with van der Waals surface area (Å²) in [7, 11) is 0. The van der Waals surface area contributed by atoms with E-state index in [4.69, 9.17) is 4.99 Å². The van der Waals surface area contributed by atoms with Crippen LogP contribution >= 0.6 is 11.8 Å². The van der Waals surface area contributed by atoms with Gasteiger partial charge in [-0.1, -0.05) is 32.0 Å². The Labute approximate surface area is 151 Å². The molecule has 1 aliphatic rings. The smallest absolute Gasteiger partial charge is 0.191 e. The van der Waals surface area contributed by atoms with Gasteiger partial charge in [-0.25, -0.2) is 0 Å². The van der Waals surface area contributed by atoms with Crippen molar-refractivity contribution in [1.29, 1.82) is 0 Å². The van der Waals surface area contributed by atoms with Crippen molar-refractivity contribution in [2.45, 2.75) is 37.3 Å². The number of likely N-dealkylation sites (tertiary alicyclic amines) is 1. The maximum absolute atomic E-state index is 4.77. The van der Waals surface area contributed by atoms with Crippen LogP contribution in [0.25, 0.3) is 0 Å². The predicted molar refractivity (Wildman–Crippen MR) is 106 cm³/mol. The zero-order valence-electron chi connectivity index (χ0n) is 15.3. The summed E-state index contributed by atoms with van der Waals surface area (Å²) < 4.78 is 0. The number of hydrogen-bond donors (Lipinski definition) is 2. The normalized spacial score (nSPS) is 20.1. The van der Waals surface area contributed by atoms with Crippen LogP contribution < -0.4 is 10.6 Å². The molecule has 1 aromatic carbocycles. The Morgan fingerprint density at radius 2 is 2.08 bits per heavy atom. The molecule has 0 radical (unpaired) electrons. The van der Waals surface area contributed by atoms with Gasteiger partial charge in [-0.3, -0.25) is 4.99 Å². The third-order valence-corrected chi connectivity index (χ3v) is 5.40. The van der Waals surface area contributed by atoms with Crippen LogP contribution in [0.1, 0.15) is 27.2 Å². The Morgan fingerprint density at radius 1 is 1.29 bits per heavy atom. The minimum absolute atomic E-state index is 0.463. The van der Waals surface area contributed by atoms with Gasteiger partial charge in [0.2, 0.25) is 0 Å². The van der Waals surface area contributed by atoms with Crippen molar-refractivity contribution in [3.05, 3.63) is 30.3 Å². The van der Waals surface area contributed by atoms with Crippen LogP contribution in [0, 0.1) is 5.92 Å². The van der Waals surface area contributed by atoms with Gasteiger partial charge < -0.3 is 15.5 Å². The molecule has 0 saturated carbocycles. The van der Waals surface area contributed by atoms with Crippen LogP contribution in [0.4, 0.5) is 0 Å². The zero-order valence-corrected chi connectivity index (χ0v) is 16.1. The van der Waals surface area contributed by atoms with Gasteiger partial charge in [0.1, 0.15) is 0 Å². The van der Waals surface area contributed by atoms with Crippen LogP contribution in [-0.2, 0) is 0 Å². The number of nitrogens with zero attached hydrogens (tertiary/aromatic N) is 2. The van der Waals surface area contributed by atoms with Gasteiger partial charge in [-0.15, -0.1) is 11.8 Å². The van der Waals surface area contributed by atoms with E-state index in [9.17, 15) is 0 Å². The zero-order chi connectivity index (χ0) is 17.2. The maximum Gasteiger partial charge on any atom is 0.191 e. The molecule has 2 unspecified atom stereocenters. The van der Waals surface area contributed by atoms with Crippen molar-refractivity contribution in [3.8, 4) is 0 Å². The molecule has 1 fully saturated rings. The molecule has 2 N–H and O–H groups in total. The number of rotatable bonds is 8. The second-order valence-electron chi connectivity index (χ2n) is 6.39. The monoisotopic (exact) mass is 348 g/mol. The molecular formula is C19H32N4S. The van der Waals surface area contributed by atoms with Crippen molar-refractivity contribution in [3.63, 3.8) is 0 Å². The van der Waals surface area contributed by atoms with E-state index in [2.05, 4.69) is 66.6 Å². The van der Waals surface area contributed by atoms with Crippen molar-refractivity contribution in [2.24, 2.45) is 10.9 Å². The molecule has 1 aliphatic heterocycles. The van der Waals surface area contributed by atoms with Gasteiger partial charge in [0.25, 0.3) is 0 Å². The average Bonchev–Trinajstić information content (AvgIpc) is 3.06. The summed E-state index contributed by atoms with van der Waals surface area (Å²) >= 11 is 1.88. The predicted octanol–water partition coefficient (Wildman–Crippen LogP) is 3.06. The minimum atomic E-state index is 0.463. The number of nitrogens with one attached hydrogen (secondary N) is 2. The van der Waals surface area contributed by atoms with E-state index in [1.165, 1.54) is 31.0 Å². The number of thioether (sulfide) groups is 1. The molecule has 1 saturated heterocycles. The van der Waals surface area contributed by atoms with Gasteiger partial charge in [0.15, 0.2) is 5.96 Å². The van der Waals surface area contributed by atoms with Gasteiger partial charge in [0, 0.05) is 29.8 Å². The molecule has 2 rings (SSSR count). The molecule has 2 atom stereocenters. The summed E-state index contributed by atoms with van der Waals surface area (Å²) in [5.74, 6) is 1.69. The van der Waals surface area contributed by atoms with Gasteiger partial charge in [0.05, 0.1) is 6.54 Å². The Kier molecular flexibility index (Phi) is 8.47. The van der Waals surface area contributed by atoms with E-state index in [0.717, 1.165) is 31.5 Å². The lowest BCUT2D eigenvalue weighted by Crippen LogP contribution is -2.40. The molecule has 4 nitrogen and oxygen atoms in total. The lowest BCUT2D eigenvalue weighted by Gasteiger charge is -2.17. The molecule has 0 spiro atoms. The van der Waals surface area contributed by atoms with E-state index in [0.29, 0.717) is 5.25 Å². The summed E-state index contributed by atoms with van der Waals surface area (Å²) in [4.78, 5) is 8.60. The summed E-state index contributed by atoms with van der Waals surface area (Å²) in [6.07, 6.45) is 1.29. The molecule has 0 aliphatic carbocycles. The highest BCUT2D eigenvalue weighted by atomic mass is 32.2. The highest BCUT2D eigenvalue weighted by molar-refractivity contribution is 8.00. The van der Waals surface area contributed by atoms with E-state index in [-0.39, 0.29) is 0 Å². The number of benzene rings is 1. The third-order valence-electron chi connectivity index (χ3n) is 4.31. The minimum Gasteiger partial charge on any atom is -0.357 e. The molecule has 1 heterocycles. The fourth-order valence-corrected chi connectivity index (χ4v) is 3.87. The summed E-state index contributed by atoms with van der Waals surface area (Å²) in [6.45, 7) is 13.0. The molecule has 134 valence electrons. The first kappa shape index (κ1) is 19.1. The fourth-order valence-electron chi connectivity index (χ4n) is 2.94. The van der Waals surface area contributed by atoms with Gasteiger partial charge >= 0.3 is 0 Å². The average molecular weight is 349 g/mol. The Bertz CT molecular complexity index is 491. The summed E-state index contributed by atoms with van der Waals surface area (Å²) in [5.41, 5.74) is 0. The molecule has 5 heteroatoms. The van der Waals surface area contributed by atoms with E-state index < -0.39 is 0 Å². The molecule has 24 heavy (non-hydrogen) atoms. The first-order valence-electron chi connectivity index (χ1n) is 9.17. The van der Waals surface area contributed by atoms with E-state index in [1.807, 2.05) is 11.8 Å². The van der Waals surface area contributed by atoms with Crippen molar-refractivity contribution in [1.82, 2.24) is 15.5 Å². The van der Waals surface area contributed by atoms with Gasteiger partial charge in [-0.05, 0) is 44.5 Å². The maximum atomic E-state index is 4.77. The topological polar surface area (TPSA) is 39.7 Å². The first-order valence-corrected chi connectivity index (χ1v) is 10.1. The molecule has 0 amide bonds. The number of hydrogen-bond acceptors (Lipinski definition) is 3. The van der Waals surface area contributed by atoms with Crippen molar-refractivity contribution >= 4 is 17.7 Å². The van der Waals surface area contributed by atoms with E-state index in [1.54, 1.807) is 0 Å². The van der Waals surface area contributed by atoms with Crippen LogP contribution in [0.15, 0.2) is 40.2 Å². The Morgan fingerprint density at radius 3 is 2.75 bits per heavy atom. The SMILES string of the molecule is CCNC(=NCC(C)Sc1ccccc1)NCC1CCN(CC)C1. The number of guanidine groups is 1. The quantitative estimate of drug-likeness (QED) is 0.430. The second kappa shape index (κ2) is 10.6. The van der Waals surface area contributed by atoms with Crippen LogP contribution in [0.5, 0.6) is 0 Å². The third kappa shape index (κ3) is 6.73. The molecule has 0 bridgehead atoms. The number of aliphatic imine (C=N–C) groups is 1. The first-order chi connectivity index (χ1) is 11.7. The van der Waals surface area contributed by atoms with Crippen LogP contribution in [0.2, 0.25) is 0 Å². The van der Waals surface area contributed by atoms with Gasteiger partial charge in [-0.2, -0.15) is 0 Å². The van der Waals surface area contributed by atoms with Crippen molar-refractivity contribution in [2.75, 3.05) is 39.3 Å². The largest absolute Gasteiger partial charge is 0.357 e. The fraction of sp³-hybridized carbons (Fsp3) is 0.632. The Balaban J connectivity index is 1.77. The highest BCUT2D eigenvalue weighted by Gasteiger charge is 2.21. The molecule has 0 aromatic heterocycles. The summed E-state index contributed by atoms with van der Waals surface area (Å²) in [6, 6.07) is 10.6. The van der Waals surface area contributed by atoms with E-state index >= 15 is 0 Å². The van der Waals surface area contributed by atoms with Crippen molar-refractivity contribution < 1.29 is 0 Å². The molecule has 1 aromatic rings. The molecular weight excluding hydrogens is 316 g/mol. The van der Waals surface area contributed by atoms with Crippen LogP contribution in [0.3, 0.4) is 0 Å². The lowest BCUT2D eigenvalue weighted by atomic mass is 10.1. The van der Waals surface area contributed by atoms with Crippen LogP contribution in [-0.4, -0.2) is 55.4 Å². The standard InChI is InChI=1S/C19H32N4S/c1-4-20-19(22-14-17-11-12-23(5-2)15-17)21-13-16(3)24-18-9-7-6-8-10-18/h6-10,16-17H,4-5,11-15H2,1-3H3,(H2,20,21,22). The lowest BCUT2D eigenvalue weighted by molar-refractivity contribution is 0.342.